The van der Waals surface area contributed by atoms with E-state index in [1.54, 1.807) is 31.0 Å². The van der Waals surface area contributed by atoms with Gasteiger partial charge in [0, 0.05) is 37.0 Å². The number of rotatable bonds is 5. The van der Waals surface area contributed by atoms with Crippen LogP contribution in [0, 0.1) is 0 Å². The van der Waals surface area contributed by atoms with E-state index in [4.69, 9.17) is 9.72 Å². The number of nitrogens with zero attached hydrogens (tertiary/aromatic N) is 5. The van der Waals surface area contributed by atoms with Crippen molar-refractivity contribution in [2.45, 2.75) is 25.5 Å². The largest absolute Gasteiger partial charge is 0.372 e. The van der Waals surface area contributed by atoms with Gasteiger partial charge in [-0.25, -0.2) is 9.97 Å². The fourth-order valence-electron chi connectivity index (χ4n) is 2.83. The Morgan fingerprint density at radius 2 is 2.08 bits per heavy atom. The minimum Gasteiger partial charge on any atom is -0.372 e. The molecule has 0 unspecified atom stereocenters. The zero-order valence-corrected chi connectivity index (χ0v) is 13.7. The Labute approximate surface area is 145 Å². The Kier molecular flexibility index (Phi) is 4.56. The summed E-state index contributed by atoms with van der Waals surface area (Å²) < 4.78 is 5.84. The van der Waals surface area contributed by atoms with Crippen LogP contribution in [-0.2, 0) is 11.3 Å². The van der Waals surface area contributed by atoms with Crippen molar-refractivity contribution in [2.75, 3.05) is 11.9 Å². The summed E-state index contributed by atoms with van der Waals surface area (Å²) in [5, 5.41) is 3.23. The van der Waals surface area contributed by atoms with Gasteiger partial charge in [-0.1, -0.05) is 6.07 Å². The van der Waals surface area contributed by atoms with Crippen molar-refractivity contribution in [1.82, 2.24) is 24.9 Å². The van der Waals surface area contributed by atoms with Crippen LogP contribution >= 0.6 is 0 Å². The summed E-state index contributed by atoms with van der Waals surface area (Å²) in [5.74, 6) is 0.559. The van der Waals surface area contributed by atoms with Crippen molar-refractivity contribution in [3.05, 3.63) is 60.6 Å². The number of pyridine rings is 1. The van der Waals surface area contributed by atoms with Crippen LogP contribution in [0.15, 0.2) is 49.2 Å². The molecule has 4 heterocycles. The normalized spacial score (nSPS) is 16.7. The SMILES string of the molecule is c1ccc(CNc2ncc(-c3cnccn3)c([C@@H]3CCCO3)n2)nc1. The molecule has 0 saturated carbocycles. The van der Waals surface area contributed by atoms with Crippen molar-refractivity contribution in [2.24, 2.45) is 0 Å². The van der Waals surface area contributed by atoms with E-state index >= 15 is 0 Å². The van der Waals surface area contributed by atoms with Crippen molar-refractivity contribution < 1.29 is 4.74 Å². The number of hydrogen-bond acceptors (Lipinski definition) is 7. The summed E-state index contributed by atoms with van der Waals surface area (Å²) in [5.41, 5.74) is 3.41. The monoisotopic (exact) mass is 334 g/mol. The van der Waals surface area contributed by atoms with Gasteiger partial charge in [-0.3, -0.25) is 15.0 Å². The van der Waals surface area contributed by atoms with E-state index in [9.17, 15) is 0 Å². The Morgan fingerprint density at radius 3 is 2.84 bits per heavy atom. The second-order valence-corrected chi connectivity index (χ2v) is 5.76. The molecule has 3 aromatic heterocycles. The van der Waals surface area contributed by atoms with E-state index in [1.807, 2.05) is 18.2 Å². The number of ether oxygens (including phenoxy) is 1. The van der Waals surface area contributed by atoms with Crippen LogP contribution in [0.5, 0.6) is 0 Å². The highest BCUT2D eigenvalue weighted by molar-refractivity contribution is 5.61. The highest BCUT2D eigenvalue weighted by Gasteiger charge is 2.24. The van der Waals surface area contributed by atoms with Crippen LogP contribution in [0.4, 0.5) is 5.95 Å². The predicted molar refractivity (Wildman–Crippen MR) is 92.5 cm³/mol. The van der Waals surface area contributed by atoms with E-state index in [2.05, 4.69) is 25.3 Å². The molecule has 7 heteroatoms. The Morgan fingerprint density at radius 1 is 1.08 bits per heavy atom. The average Bonchev–Trinajstić information content (AvgIpc) is 3.22. The van der Waals surface area contributed by atoms with Crippen LogP contribution in [0.25, 0.3) is 11.3 Å². The molecule has 25 heavy (non-hydrogen) atoms. The maximum Gasteiger partial charge on any atom is 0.223 e. The summed E-state index contributed by atoms with van der Waals surface area (Å²) in [7, 11) is 0. The minimum atomic E-state index is -0.0320. The summed E-state index contributed by atoms with van der Waals surface area (Å²) in [6.45, 7) is 1.32. The Bertz CT molecular complexity index is 821. The molecular formula is C18H18N6O. The standard InChI is InChI=1S/C18H18N6O/c1-2-6-20-13(4-1)10-22-18-23-11-14(15-12-19-7-8-21-15)17(24-18)16-5-3-9-25-16/h1-2,4,6-8,11-12,16H,3,5,9-10H2,(H,22,23,24)/t16-/m0/s1. The lowest BCUT2D eigenvalue weighted by Crippen LogP contribution is -2.10. The quantitative estimate of drug-likeness (QED) is 0.768. The van der Waals surface area contributed by atoms with E-state index < -0.39 is 0 Å². The molecule has 0 bridgehead atoms. The van der Waals surface area contributed by atoms with Crippen LogP contribution in [0.1, 0.15) is 30.3 Å². The number of hydrogen-bond donors (Lipinski definition) is 1. The third-order valence-corrected chi connectivity index (χ3v) is 4.05. The van der Waals surface area contributed by atoms with Crippen molar-refractivity contribution >= 4 is 5.95 Å². The summed E-state index contributed by atoms with van der Waals surface area (Å²) >= 11 is 0. The van der Waals surface area contributed by atoms with Crippen molar-refractivity contribution in [3.8, 4) is 11.3 Å². The topological polar surface area (TPSA) is 85.7 Å². The number of aromatic nitrogens is 5. The van der Waals surface area contributed by atoms with Crippen LogP contribution in [0.3, 0.4) is 0 Å². The molecule has 0 spiro atoms. The average molecular weight is 334 g/mol. The molecule has 1 aliphatic heterocycles. The second kappa shape index (κ2) is 7.31. The molecule has 0 aromatic carbocycles. The fourth-order valence-corrected chi connectivity index (χ4v) is 2.83. The van der Waals surface area contributed by atoms with Gasteiger partial charge in [0.25, 0.3) is 0 Å². The molecule has 7 nitrogen and oxygen atoms in total. The summed E-state index contributed by atoms with van der Waals surface area (Å²) in [6.07, 6.45) is 10.5. The van der Waals surface area contributed by atoms with E-state index in [0.717, 1.165) is 42.1 Å². The van der Waals surface area contributed by atoms with Crippen molar-refractivity contribution in [1.29, 1.82) is 0 Å². The third kappa shape index (κ3) is 3.61. The Balaban J connectivity index is 1.62. The van der Waals surface area contributed by atoms with Gasteiger partial charge in [0.1, 0.15) is 6.10 Å². The Hall–Kier alpha value is -2.93. The lowest BCUT2D eigenvalue weighted by molar-refractivity contribution is 0.109. The number of nitrogens with one attached hydrogen (secondary N) is 1. The molecule has 1 atom stereocenters. The lowest BCUT2D eigenvalue weighted by atomic mass is 10.1. The first-order chi connectivity index (χ1) is 12.4. The van der Waals surface area contributed by atoms with E-state index in [-0.39, 0.29) is 6.10 Å². The molecule has 0 amide bonds. The third-order valence-electron chi connectivity index (χ3n) is 4.05. The van der Waals surface area contributed by atoms with Crippen molar-refractivity contribution in [3.63, 3.8) is 0 Å². The van der Waals surface area contributed by atoms with Gasteiger partial charge in [-0.05, 0) is 25.0 Å². The molecule has 126 valence electrons. The van der Waals surface area contributed by atoms with E-state index in [0.29, 0.717) is 12.5 Å². The minimum absolute atomic E-state index is 0.0320. The van der Waals surface area contributed by atoms with E-state index in [1.165, 1.54) is 0 Å². The molecule has 4 rings (SSSR count). The first-order valence-electron chi connectivity index (χ1n) is 8.29. The van der Waals surface area contributed by atoms with Gasteiger partial charge >= 0.3 is 0 Å². The maximum absolute atomic E-state index is 5.84. The highest BCUT2D eigenvalue weighted by Crippen LogP contribution is 2.33. The predicted octanol–water partition coefficient (Wildman–Crippen LogP) is 2.79. The van der Waals surface area contributed by atoms with Gasteiger partial charge in [-0.2, -0.15) is 0 Å². The highest BCUT2D eigenvalue weighted by atomic mass is 16.5. The lowest BCUT2D eigenvalue weighted by Gasteiger charge is -2.15. The molecule has 0 radical (unpaired) electrons. The maximum atomic E-state index is 5.84. The second-order valence-electron chi connectivity index (χ2n) is 5.76. The smallest absolute Gasteiger partial charge is 0.223 e. The fraction of sp³-hybridized carbons (Fsp3) is 0.278. The zero-order valence-electron chi connectivity index (χ0n) is 13.7. The first-order valence-corrected chi connectivity index (χ1v) is 8.29. The number of anilines is 1. The molecule has 1 fully saturated rings. The van der Waals surface area contributed by atoms with Crippen LogP contribution in [-0.4, -0.2) is 31.5 Å². The van der Waals surface area contributed by atoms with Crippen LogP contribution in [0.2, 0.25) is 0 Å². The van der Waals surface area contributed by atoms with Gasteiger partial charge in [-0.15, -0.1) is 0 Å². The van der Waals surface area contributed by atoms with Gasteiger partial charge in [0.05, 0.1) is 29.8 Å². The first kappa shape index (κ1) is 15.6. The summed E-state index contributed by atoms with van der Waals surface area (Å²) in [4.78, 5) is 22.0. The molecule has 0 aliphatic carbocycles. The zero-order chi connectivity index (χ0) is 16.9. The molecule has 1 aliphatic rings. The summed E-state index contributed by atoms with van der Waals surface area (Å²) in [6, 6.07) is 5.81. The van der Waals surface area contributed by atoms with Gasteiger partial charge < -0.3 is 10.1 Å². The molecule has 1 N–H and O–H groups in total. The molecule has 1 saturated heterocycles. The van der Waals surface area contributed by atoms with Gasteiger partial charge in [0.2, 0.25) is 5.95 Å². The molecular weight excluding hydrogens is 316 g/mol. The molecule has 3 aromatic rings. The van der Waals surface area contributed by atoms with Gasteiger partial charge in [0.15, 0.2) is 0 Å². The van der Waals surface area contributed by atoms with Crippen LogP contribution < -0.4 is 5.32 Å².